The number of nitrogens with two attached hydrogens (primary N) is 1. The minimum absolute atomic E-state index is 0.273. The molecule has 0 unspecified atom stereocenters. The molecule has 2 amide bonds. The highest BCUT2D eigenvalue weighted by Gasteiger charge is 2.17. The van der Waals surface area contributed by atoms with Gasteiger partial charge in [0.15, 0.2) is 0 Å². The van der Waals surface area contributed by atoms with E-state index in [-0.39, 0.29) is 6.03 Å². The molecule has 0 atom stereocenters. The van der Waals surface area contributed by atoms with Crippen molar-refractivity contribution in [3.05, 3.63) is 24.3 Å². The number of carbonyl (C=O) groups excluding carboxylic acids is 1. The quantitative estimate of drug-likeness (QED) is 0.743. The van der Waals surface area contributed by atoms with Gasteiger partial charge in [0, 0.05) is 17.8 Å². The Labute approximate surface area is 101 Å². The Morgan fingerprint density at radius 2 is 1.94 bits per heavy atom. The first-order valence-electron chi connectivity index (χ1n) is 5.40. The number of rotatable bonds is 4. The predicted molar refractivity (Wildman–Crippen MR) is 68.3 cm³/mol. The van der Waals surface area contributed by atoms with Crippen LogP contribution in [0.25, 0.3) is 0 Å². The van der Waals surface area contributed by atoms with Crippen LogP contribution >= 0.6 is 0 Å². The summed E-state index contributed by atoms with van der Waals surface area (Å²) in [6.45, 7) is 4.10. The van der Waals surface area contributed by atoms with Crippen LogP contribution in [-0.4, -0.2) is 25.2 Å². The van der Waals surface area contributed by atoms with Gasteiger partial charge < -0.3 is 21.1 Å². The molecule has 0 aliphatic carbocycles. The molecule has 1 rings (SSSR count). The summed E-state index contributed by atoms with van der Waals surface area (Å²) in [5.74, 6) is 0.748. The zero-order chi connectivity index (χ0) is 12.9. The first-order valence-corrected chi connectivity index (χ1v) is 5.40. The van der Waals surface area contributed by atoms with Crippen molar-refractivity contribution in [3.8, 4) is 5.75 Å². The molecule has 0 heterocycles. The number of amides is 2. The molecule has 0 saturated carbocycles. The summed E-state index contributed by atoms with van der Waals surface area (Å²) in [7, 11) is 1.60. The van der Waals surface area contributed by atoms with E-state index in [1.54, 1.807) is 31.4 Å². The maximum Gasteiger partial charge on any atom is 0.319 e. The van der Waals surface area contributed by atoms with Crippen molar-refractivity contribution < 1.29 is 9.53 Å². The second-order valence-corrected chi connectivity index (χ2v) is 4.40. The fourth-order valence-corrected chi connectivity index (χ4v) is 1.20. The molecule has 0 bridgehead atoms. The molecular formula is C12H19N3O2. The molecule has 0 aliphatic rings. The highest BCUT2D eigenvalue weighted by molar-refractivity contribution is 5.89. The van der Waals surface area contributed by atoms with Crippen molar-refractivity contribution >= 4 is 11.7 Å². The summed E-state index contributed by atoms with van der Waals surface area (Å²) in [5, 5.41) is 5.50. The van der Waals surface area contributed by atoms with Gasteiger partial charge in [0.1, 0.15) is 5.75 Å². The fraction of sp³-hybridized carbons (Fsp3) is 0.417. The third-order valence-corrected chi connectivity index (χ3v) is 2.31. The minimum atomic E-state index is -0.420. The molecule has 0 aliphatic heterocycles. The predicted octanol–water partition coefficient (Wildman–Crippen LogP) is 1.55. The fourth-order valence-electron chi connectivity index (χ4n) is 1.20. The van der Waals surface area contributed by atoms with Crippen LogP contribution in [0.5, 0.6) is 5.75 Å². The zero-order valence-electron chi connectivity index (χ0n) is 10.4. The molecule has 1 aromatic rings. The van der Waals surface area contributed by atoms with Gasteiger partial charge in [-0.25, -0.2) is 4.79 Å². The lowest BCUT2D eigenvalue weighted by atomic mass is 10.1. The molecule has 5 heteroatoms. The summed E-state index contributed by atoms with van der Waals surface area (Å²) >= 11 is 0. The average Bonchev–Trinajstić information content (AvgIpc) is 2.29. The lowest BCUT2D eigenvalue weighted by Gasteiger charge is -2.24. The van der Waals surface area contributed by atoms with E-state index in [1.165, 1.54) is 0 Å². The molecule has 0 radical (unpaired) electrons. The highest BCUT2D eigenvalue weighted by Crippen LogP contribution is 2.14. The van der Waals surface area contributed by atoms with Crippen LogP contribution < -0.4 is 21.1 Å². The topological polar surface area (TPSA) is 76.4 Å². The van der Waals surface area contributed by atoms with Crippen LogP contribution in [0, 0.1) is 0 Å². The van der Waals surface area contributed by atoms with Gasteiger partial charge in [-0.3, -0.25) is 0 Å². The van der Waals surface area contributed by atoms with Crippen molar-refractivity contribution in [1.29, 1.82) is 0 Å². The van der Waals surface area contributed by atoms with Gasteiger partial charge in [0.2, 0.25) is 0 Å². The maximum atomic E-state index is 11.6. The van der Waals surface area contributed by atoms with E-state index in [0.29, 0.717) is 12.2 Å². The van der Waals surface area contributed by atoms with Gasteiger partial charge in [-0.15, -0.1) is 0 Å². The van der Waals surface area contributed by atoms with Crippen LogP contribution in [0.1, 0.15) is 13.8 Å². The Balaban J connectivity index is 2.56. The van der Waals surface area contributed by atoms with E-state index in [4.69, 9.17) is 10.5 Å². The molecule has 0 fully saturated rings. The average molecular weight is 237 g/mol. The molecule has 4 N–H and O–H groups in total. The normalized spacial score (nSPS) is 10.8. The van der Waals surface area contributed by atoms with Gasteiger partial charge in [-0.2, -0.15) is 0 Å². The SMILES string of the molecule is COc1ccc(NC(=O)NC(C)(C)CN)cc1. The van der Waals surface area contributed by atoms with E-state index in [9.17, 15) is 4.79 Å². The Kier molecular flexibility index (Phi) is 4.34. The van der Waals surface area contributed by atoms with Crippen LogP contribution in [-0.2, 0) is 0 Å². The number of methoxy groups -OCH3 is 1. The summed E-state index contributed by atoms with van der Waals surface area (Å²) in [5.41, 5.74) is 5.81. The minimum Gasteiger partial charge on any atom is -0.497 e. The lowest BCUT2D eigenvalue weighted by Crippen LogP contribution is -2.50. The number of ether oxygens (including phenoxy) is 1. The number of hydrogen-bond donors (Lipinski definition) is 3. The third-order valence-electron chi connectivity index (χ3n) is 2.31. The molecule has 17 heavy (non-hydrogen) atoms. The van der Waals surface area contributed by atoms with Crippen molar-refractivity contribution in [2.45, 2.75) is 19.4 Å². The van der Waals surface area contributed by atoms with Gasteiger partial charge >= 0.3 is 6.03 Å². The lowest BCUT2D eigenvalue weighted by molar-refractivity contribution is 0.242. The first-order chi connectivity index (χ1) is 7.96. The van der Waals surface area contributed by atoms with Gasteiger partial charge in [-0.05, 0) is 38.1 Å². The second kappa shape index (κ2) is 5.54. The first kappa shape index (κ1) is 13.3. The molecule has 0 saturated heterocycles. The standard InChI is InChI=1S/C12H19N3O2/c1-12(2,8-13)15-11(16)14-9-4-6-10(17-3)7-5-9/h4-7H,8,13H2,1-3H3,(H2,14,15,16). The Hall–Kier alpha value is -1.75. The van der Waals surface area contributed by atoms with Crippen LogP contribution in [0.4, 0.5) is 10.5 Å². The summed E-state index contributed by atoms with van der Waals surface area (Å²) in [6.07, 6.45) is 0. The summed E-state index contributed by atoms with van der Waals surface area (Å²) < 4.78 is 5.03. The van der Waals surface area contributed by atoms with E-state index in [1.807, 2.05) is 13.8 Å². The maximum absolute atomic E-state index is 11.6. The molecule has 1 aromatic carbocycles. The Bertz CT molecular complexity index is 374. The Morgan fingerprint density at radius 1 is 1.35 bits per heavy atom. The number of benzene rings is 1. The van der Waals surface area contributed by atoms with Crippen molar-refractivity contribution in [2.75, 3.05) is 19.0 Å². The Morgan fingerprint density at radius 3 is 2.41 bits per heavy atom. The molecular weight excluding hydrogens is 218 g/mol. The number of carbonyl (C=O) groups is 1. The number of anilines is 1. The van der Waals surface area contributed by atoms with Gasteiger partial charge in [-0.1, -0.05) is 0 Å². The van der Waals surface area contributed by atoms with E-state index >= 15 is 0 Å². The largest absolute Gasteiger partial charge is 0.497 e. The highest BCUT2D eigenvalue weighted by atomic mass is 16.5. The van der Waals surface area contributed by atoms with Crippen molar-refractivity contribution in [1.82, 2.24) is 5.32 Å². The monoisotopic (exact) mass is 237 g/mol. The third kappa shape index (κ3) is 4.32. The van der Waals surface area contributed by atoms with Gasteiger partial charge in [0.25, 0.3) is 0 Å². The molecule has 0 aromatic heterocycles. The summed E-state index contributed by atoms with van der Waals surface area (Å²) in [4.78, 5) is 11.6. The molecule has 0 spiro atoms. The number of urea groups is 1. The summed E-state index contributed by atoms with van der Waals surface area (Å²) in [6, 6.07) is 6.83. The molecule has 94 valence electrons. The van der Waals surface area contributed by atoms with Crippen LogP contribution in [0.2, 0.25) is 0 Å². The van der Waals surface area contributed by atoms with Crippen molar-refractivity contribution in [3.63, 3.8) is 0 Å². The number of hydrogen-bond acceptors (Lipinski definition) is 3. The van der Waals surface area contributed by atoms with Gasteiger partial charge in [0.05, 0.1) is 7.11 Å². The van der Waals surface area contributed by atoms with E-state index < -0.39 is 5.54 Å². The smallest absolute Gasteiger partial charge is 0.319 e. The number of nitrogens with one attached hydrogen (secondary N) is 2. The second-order valence-electron chi connectivity index (χ2n) is 4.40. The van der Waals surface area contributed by atoms with Crippen LogP contribution in [0.3, 0.4) is 0 Å². The van der Waals surface area contributed by atoms with E-state index in [0.717, 1.165) is 5.75 Å². The van der Waals surface area contributed by atoms with Crippen molar-refractivity contribution in [2.24, 2.45) is 5.73 Å². The molecule has 5 nitrogen and oxygen atoms in total. The van der Waals surface area contributed by atoms with E-state index in [2.05, 4.69) is 10.6 Å². The zero-order valence-corrected chi connectivity index (χ0v) is 10.4. The van der Waals surface area contributed by atoms with Crippen LogP contribution in [0.15, 0.2) is 24.3 Å².